The molecule has 0 unspecified atom stereocenters. The molecule has 7 nitrogen and oxygen atoms in total. The molecule has 2 aromatic rings. The zero-order valence-corrected chi connectivity index (χ0v) is 16.8. The van der Waals surface area contributed by atoms with Crippen LogP contribution in [0.25, 0.3) is 11.8 Å². The molecular formula is C21H19N5O2S. The monoisotopic (exact) mass is 405 g/mol. The first-order valence-electron chi connectivity index (χ1n) is 9.41. The second-order valence-electron chi connectivity index (χ2n) is 7.41. The van der Waals surface area contributed by atoms with Crippen molar-refractivity contribution < 1.29 is 9.90 Å². The number of benzene rings is 1. The second kappa shape index (κ2) is 6.45. The number of carbonyl (C=O) groups is 1. The Bertz CT molecular complexity index is 1150. The van der Waals surface area contributed by atoms with Crippen LogP contribution in [0.3, 0.4) is 0 Å². The van der Waals surface area contributed by atoms with Crippen LogP contribution in [-0.2, 0) is 4.79 Å². The van der Waals surface area contributed by atoms with Crippen molar-refractivity contribution in [2.24, 2.45) is 16.0 Å². The molecule has 1 saturated carbocycles. The number of aliphatic imine (C=N–C) groups is 1. The number of aromatic hydroxyl groups is 1. The average molecular weight is 405 g/mol. The summed E-state index contributed by atoms with van der Waals surface area (Å²) in [6, 6.07) is 8.94. The quantitative estimate of drug-likeness (QED) is 0.759. The van der Waals surface area contributed by atoms with Crippen LogP contribution in [0.4, 0.5) is 0 Å². The Kier molecular flexibility index (Phi) is 3.99. The Balaban J connectivity index is 1.52. The number of hydrogen-bond donors (Lipinski definition) is 2. The lowest BCUT2D eigenvalue weighted by Crippen LogP contribution is -2.35. The van der Waals surface area contributed by atoms with Gasteiger partial charge in [-0.3, -0.25) is 10.2 Å². The van der Waals surface area contributed by atoms with Gasteiger partial charge in [-0.05, 0) is 80.4 Å². The third-order valence-electron chi connectivity index (χ3n) is 5.27. The van der Waals surface area contributed by atoms with Gasteiger partial charge in [0.2, 0.25) is 5.17 Å². The van der Waals surface area contributed by atoms with Gasteiger partial charge in [0.15, 0.2) is 5.84 Å². The van der Waals surface area contributed by atoms with Crippen LogP contribution in [-0.4, -0.2) is 36.6 Å². The molecule has 0 radical (unpaired) electrons. The van der Waals surface area contributed by atoms with E-state index in [2.05, 4.69) is 10.1 Å². The Morgan fingerprint density at radius 2 is 1.97 bits per heavy atom. The van der Waals surface area contributed by atoms with Crippen molar-refractivity contribution in [2.75, 3.05) is 0 Å². The van der Waals surface area contributed by atoms with E-state index in [0.717, 1.165) is 40.5 Å². The van der Waals surface area contributed by atoms with Crippen molar-refractivity contribution in [3.8, 4) is 11.4 Å². The summed E-state index contributed by atoms with van der Waals surface area (Å²) in [7, 11) is 0. The topological polar surface area (TPSA) is 94.0 Å². The van der Waals surface area contributed by atoms with Gasteiger partial charge < -0.3 is 9.67 Å². The number of aryl methyl sites for hydroxylation is 1. The minimum absolute atomic E-state index is 0.0672. The van der Waals surface area contributed by atoms with E-state index in [1.807, 2.05) is 36.6 Å². The lowest BCUT2D eigenvalue weighted by Gasteiger charge is -2.20. The molecule has 0 bridgehead atoms. The molecule has 1 amide bonds. The summed E-state index contributed by atoms with van der Waals surface area (Å²) in [4.78, 5) is 16.8. The Labute approximate surface area is 171 Å². The van der Waals surface area contributed by atoms with Crippen LogP contribution in [0.15, 0.2) is 46.0 Å². The van der Waals surface area contributed by atoms with Gasteiger partial charge in [0, 0.05) is 23.0 Å². The largest absolute Gasteiger partial charge is 0.508 e. The van der Waals surface area contributed by atoms with Crippen molar-refractivity contribution in [1.29, 1.82) is 5.41 Å². The molecule has 146 valence electrons. The highest BCUT2D eigenvalue weighted by atomic mass is 32.2. The van der Waals surface area contributed by atoms with Crippen LogP contribution < -0.4 is 0 Å². The van der Waals surface area contributed by atoms with Gasteiger partial charge in [0.25, 0.3) is 5.91 Å². The number of rotatable bonds is 3. The summed E-state index contributed by atoms with van der Waals surface area (Å²) >= 11 is 1.40. The first-order chi connectivity index (χ1) is 13.9. The number of aromatic nitrogens is 1. The van der Waals surface area contributed by atoms with E-state index < -0.39 is 5.91 Å². The van der Waals surface area contributed by atoms with Crippen LogP contribution in [0, 0.1) is 25.2 Å². The van der Waals surface area contributed by atoms with E-state index in [0.29, 0.717) is 11.1 Å². The molecule has 0 saturated heterocycles. The first kappa shape index (κ1) is 17.9. The number of nitrogens with zero attached hydrogens (tertiary/aromatic N) is 4. The molecule has 2 aliphatic heterocycles. The molecule has 5 rings (SSSR count). The SMILES string of the molecule is Cc1cc(/C=C2\C(=N)N3N=C(C4CC4)SC3=NC2=O)c(C)n1-c1ccc(O)cc1. The summed E-state index contributed by atoms with van der Waals surface area (Å²) < 4.78 is 2.05. The molecule has 0 spiro atoms. The number of carbonyl (C=O) groups excluding carboxylic acids is 1. The fourth-order valence-electron chi connectivity index (χ4n) is 3.59. The molecule has 8 heteroatoms. The number of phenolic OH excluding ortho intramolecular Hbond substituents is 1. The summed E-state index contributed by atoms with van der Waals surface area (Å²) in [6.07, 6.45) is 3.94. The van der Waals surface area contributed by atoms with Crippen molar-refractivity contribution >= 4 is 39.8 Å². The minimum atomic E-state index is -0.407. The molecule has 1 aromatic carbocycles. The zero-order chi connectivity index (χ0) is 20.3. The smallest absolute Gasteiger partial charge is 0.283 e. The van der Waals surface area contributed by atoms with Gasteiger partial charge in [0.05, 0.1) is 5.57 Å². The number of thioether (sulfide) groups is 1. The molecule has 1 fully saturated rings. The van der Waals surface area contributed by atoms with Gasteiger partial charge in [-0.25, -0.2) is 0 Å². The maximum atomic E-state index is 12.6. The lowest BCUT2D eigenvalue weighted by atomic mass is 10.1. The summed E-state index contributed by atoms with van der Waals surface area (Å²) in [6.45, 7) is 3.95. The van der Waals surface area contributed by atoms with E-state index in [1.165, 1.54) is 16.8 Å². The molecule has 0 atom stereocenters. The van der Waals surface area contributed by atoms with E-state index in [4.69, 9.17) is 5.41 Å². The van der Waals surface area contributed by atoms with Gasteiger partial charge in [-0.15, -0.1) is 0 Å². The van der Waals surface area contributed by atoms with Crippen molar-refractivity contribution in [3.63, 3.8) is 0 Å². The second-order valence-corrected chi connectivity index (χ2v) is 8.40. The standard InChI is InChI=1S/C21H19N5O2S/c1-11-9-14(12(2)25(11)15-5-7-16(27)8-6-15)10-17-18(22)26-21(23-19(17)28)29-20(24-26)13-3-4-13/h5-10,13,22,27H,3-4H2,1-2H3/b17-10+,22-18?. The van der Waals surface area contributed by atoms with Crippen LogP contribution in [0.1, 0.15) is 29.8 Å². The van der Waals surface area contributed by atoms with Crippen LogP contribution in [0.5, 0.6) is 5.75 Å². The predicted molar refractivity (Wildman–Crippen MR) is 115 cm³/mol. The van der Waals surface area contributed by atoms with E-state index in [9.17, 15) is 9.90 Å². The Morgan fingerprint density at radius 1 is 1.24 bits per heavy atom. The zero-order valence-electron chi connectivity index (χ0n) is 16.0. The van der Waals surface area contributed by atoms with Gasteiger partial charge in [-0.1, -0.05) is 0 Å². The highest BCUT2D eigenvalue weighted by Gasteiger charge is 2.40. The minimum Gasteiger partial charge on any atom is -0.508 e. The number of hydrazone groups is 1. The molecule has 3 heterocycles. The molecule has 2 N–H and O–H groups in total. The molecule has 1 aliphatic carbocycles. The summed E-state index contributed by atoms with van der Waals surface area (Å²) in [5.41, 5.74) is 3.93. The number of amides is 1. The molecule has 29 heavy (non-hydrogen) atoms. The van der Waals surface area contributed by atoms with Crippen LogP contribution in [0.2, 0.25) is 0 Å². The predicted octanol–water partition coefficient (Wildman–Crippen LogP) is 3.83. The summed E-state index contributed by atoms with van der Waals surface area (Å²) in [5.74, 6) is 0.323. The number of amidine groups is 2. The van der Waals surface area contributed by atoms with Gasteiger partial charge >= 0.3 is 0 Å². The third-order valence-corrected chi connectivity index (χ3v) is 6.35. The maximum absolute atomic E-state index is 12.6. The van der Waals surface area contributed by atoms with Crippen LogP contribution >= 0.6 is 11.8 Å². The Hall–Kier alpha value is -3.13. The number of fused-ring (bicyclic) bond motifs is 1. The first-order valence-corrected chi connectivity index (χ1v) is 10.2. The van der Waals surface area contributed by atoms with E-state index in [-0.39, 0.29) is 17.2 Å². The van der Waals surface area contributed by atoms with E-state index >= 15 is 0 Å². The molecular weight excluding hydrogens is 386 g/mol. The van der Waals surface area contributed by atoms with Crippen molar-refractivity contribution in [3.05, 3.63) is 52.9 Å². The Morgan fingerprint density at radius 3 is 2.66 bits per heavy atom. The molecule has 3 aliphatic rings. The van der Waals surface area contributed by atoms with Gasteiger partial charge in [0.1, 0.15) is 10.8 Å². The van der Waals surface area contributed by atoms with Crippen molar-refractivity contribution in [1.82, 2.24) is 9.58 Å². The third kappa shape index (κ3) is 3.00. The fourth-order valence-corrected chi connectivity index (χ4v) is 4.65. The number of phenols is 1. The maximum Gasteiger partial charge on any atom is 0.283 e. The van der Waals surface area contributed by atoms with Crippen molar-refractivity contribution in [2.45, 2.75) is 26.7 Å². The number of hydrogen-bond acceptors (Lipinski definition) is 5. The molecule has 1 aromatic heterocycles. The van der Waals surface area contributed by atoms with Gasteiger partial charge in [-0.2, -0.15) is 15.1 Å². The normalized spacial score (nSPS) is 20.2. The highest BCUT2D eigenvalue weighted by Crippen LogP contribution is 2.40. The van der Waals surface area contributed by atoms with E-state index in [1.54, 1.807) is 18.2 Å². The lowest BCUT2D eigenvalue weighted by molar-refractivity contribution is -0.114. The average Bonchev–Trinajstić information content (AvgIpc) is 3.39. The number of nitrogens with one attached hydrogen (secondary N) is 1. The summed E-state index contributed by atoms with van der Waals surface area (Å²) in [5, 5.41) is 25.5. The fraction of sp³-hybridized carbons (Fsp3) is 0.238. The highest BCUT2D eigenvalue weighted by molar-refractivity contribution is 8.27.